The number of hydrogen-bond donors (Lipinski definition) is 1. The van der Waals surface area contributed by atoms with Gasteiger partial charge in [-0.3, -0.25) is 4.98 Å². The molecule has 1 N–H and O–H groups in total. The molecule has 1 aromatic carbocycles. The number of halogens is 1. The number of aromatic nitrogens is 1. The van der Waals surface area contributed by atoms with Crippen LogP contribution in [0.3, 0.4) is 0 Å². The Morgan fingerprint density at radius 2 is 2.29 bits per heavy atom. The average molecular weight is 345 g/mol. The molecule has 3 unspecified atom stereocenters. The van der Waals surface area contributed by atoms with E-state index >= 15 is 0 Å². The van der Waals surface area contributed by atoms with Crippen LogP contribution < -0.4 is 0 Å². The quantitative estimate of drug-likeness (QED) is 0.880. The predicted molar refractivity (Wildman–Crippen MR) is 85.5 cm³/mol. The monoisotopic (exact) mass is 344 g/mol. The summed E-state index contributed by atoms with van der Waals surface area (Å²) in [5.41, 5.74) is 0.843. The fourth-order valence-corrected chi connectivity index (χ4v) is 3.87. The Balaban J connectivity index is 2.13. The van der Waals surface area contributed by atoms with Gasteiger partial charge in [0.05, 0.1) is 23.1 Å². The lowest BCUT2D eigenvalue weighted by Gasteiger charge is -2.28. The van der Waals surface area contributed by atoms with Crippen molar-refractivity contribution in [1.82, 2.24) is 4.98 Å². The van der Waals surface area contributed by atoms with E-state index in [0.29, 0.717) is 5.92 Å². The fraction of sp³-hybridized carbons (Fsp3) is 0.412. The molecule has 0 saturated heterocycles. The fourth-order valence-electron chi connectivity index (χ4n) is 3.42. The molecule has 0 spiro atoms. The van der Waals surface area contributed by atoms with Crippen molar-refractivity contribution in [1.29, 1.82) is 5.26 Å². The van der Waals surface area contributed by atoms with Crippen molar-refractivity contribution in [3.63, 3.8) is 0 Å². The average Bonchev–Trinajstić information content (AvgIpc) is 2.90. The minimum absolute atomic E-state index is 0.481. The zero-order valence-corrected chi connectivity index (χ0v) is 13.5. The van der Waals surface area contributed by atoms with E-state index in [1.54, 1.807) is 6.20 Å². The number of aliphatic hydroxyl groups is 1. The van der Waals surface area contributed by atoms with Crippen LogP contribution in [0.1, 0.15) is 37.9 Å². The molecule has 2 aromatic rings. The predicted octanol–water partition coefficient (Wildman–Crippen LogP) is 4.36. The van der Waals surface area contributed by atoms with Gasteiger partial charge < -0.3 is 5.11 Å². The molecule has 1 heterocycles. The summed E-state index contributed by atoms with van der Waals surface area (Å²) in [4.78, 5) is 4.42. The van der Waals surface area contributed by atoms with Crippen LogP contribution in [0.5, 0.6) is 0 Å². The normalized spacial score (nSPS) is 26.7. The molecule has 108 valence electrons. The van der Waals surface area contributed by atoms with E-state index in [2.05, 4.69) is 33.9 Å². The number of hydrogen-bond acceptors (Lipinski definition) is 3. The first-order valence-electron chi connectivity index (χ1n) is 7.20. The van der Waals surface area contributed by atoms with Gasteiger partial charge in [0.1, 0.15) is 0 Å². The maximum Gasteiger partial charge on any atom is 0.0997 e. The molecule has 1 aromatic heterocycles. The minimum atomic E-state index is -0.794. The number of fused-ring (bicyclic) bond motifs is 1. The van der Waals surface area contributed by atoms with Gasteiger partial charge in [0.15, 0.2) is 0 Å². The zero-order valence-electron chi connectivity index (χ0n) is 11.9. The van der Waals surface area contributed by atoms with E-state index < -0.39 is 11.5 Å². The van der Waals surface area contributed by atoms with Crippen molar-refractivity contribution in [3.05, 3.63) is 40.5 Å². The molecule has 0 amide bonds. The lowest BCUT2D eigenvalue weighted by Crippen LogP contribution is -2.25. The highest BCUT2D eigenvalue weighted by Gasteiger charge is 2.45. The number of nitrogens with zero attached hydrogens (tertiary/aromatic N) is 2. The Bertz CT molecular complexity index is 724. The number of benzene rings is 1. The second kappa shape index (κ2) is 5.40. The van der Waals surface area contributed by atoms with Crippen LogP contribution in [0.2, 0.25) is 0 Å². The molecule has 1 aliphatic rings. The smallest absolute Gasteiger partial charge is 0.0997 e. The van der Waals surface area contributed by atoms with Crippen LogP contribution in [0.25, 0.3) is 10.9 Å². The van der Waals surface area contributed by atoms with Crippen LogP contribution in [0.4, 0.5) is 0 Å². The first kappa shape index (κ1) is 14.5. The molecule has 4 heteroatoms. The highest BCUT2D eigenvalue weighted by molar-refractivity contribution is 9.10. The van der Waals surface area contributed by atoms with Gasteiger partial charge in [-0.25, -0.2) is 0 Å². The third-order valence-electron chi connectivity index (χ3n) is 4.58. The molecule has 0 aliphatic heterocycles. The van der Waals surface area contributed by atoms with Crippen molar-refractivity contribution in [2.75, 3.05) is 0 Å². The van der Waals surface area contributed by atoms with Crippen molar-refractivity contribution >= 4 is 26.8 Å². The molecule has 1 aliphatic carbocycles. The molecule has 0 radical (unpaired) electrons. The number of nitriles is 1. The van der Waals surface area contributed by atoms with Gasteiger partial charge in [0, 0.05) is 21.6 Å². The summed E-state index contributed by atoms with van der Waals surface area (Å²) in [6.07, 6.45) is 3.41. The van der Waals surface area contributed by atoms with Gasteiger partial charge in [-0.2, -0.15) is 5.26 Å². The molecule has 3 nitrogen and oxygen atoms in total. The summed E-state index contributed by atoms with van der Waals surface area (Å²) in [7, 11) is 0. The van der Waals surface area contributed by atoms with E-state index in [9.17, 15) is 10.4 Å². The third kappa shape index (κ3) is 2.35. The van der Waals surface area contributed by atoms with Crippen LogP contribution in [0.15, 0.2) is 34.9 Å². The van der Waals surface area contributed by atoms with E-state index in [1.807, 2.05) is 24.3 Å². The zero-order chi connectivity index (χ0) is 15.0. The number of aliphatic hydroxyl groups excluding tert-OH is 1. The summed E-state index contributed by atoms with van der Waals surface area (Å²) < 4.78 is 0.951. The maximum atomic E-state index is 10.9. The first-order valence-corrected chi connectivity index (χ1v) is 7.99. The van der Waals surface area contributed by atoms with Gasteiger partial charge in [0.2, 0.25) is 0 Å². The van der Waals surface area contributed by atoms with E-state index in [-0.39, 0.29) is 0 Å². The molecule has 21 heavy (non-hydrogen) atoms. The second-order valence-electron chi connectivity index (χ2n) is 6.05. The molecule has 0 bridgehead atoms. The van der Waals surface area contributed by atoms with Crippen molar-refractivity contribution < 1.29 is 5.11 Å². The summed E-state index contributed by atoms with van der Waals surface area (Å²) >= 11 is 3.52. The van der Waals surface area contributed by atoms with Crippen LogP contribution in [-0.2, 0) is 0 Å². The largest absolute Gasteiger partial charge is 0.387 e. The second-order valence-corrected chi connectivity index (χ2v) is 6.91. The first-order chi connectivity index (χ1) is 10.1. The lowest BCUT2D eigenvalue weighted by atomic mass is 9.77. The van der Waals surface area contributed by atoms with Crippen LogP contribution in [-0.4, -0.2) is 10.1 Å². The van der Waals surface area contributed by atoms with Gasteiger partial charge in [-0.15, -0.1) is 0 Å². The maximum absolute atomic E-state index is 10.9. The molecule has 1 saturated carbocycles. The summed E-state index contributed by atoms with van der Waals surface area (Å²) in [5, 5.41) is 21.5. The van der Waals surface area contributed by atoms with Gasteiger partial charge >= 0.3 is 0 Å². The van der Waals surface area contributed by atoms with E-state index in [0.717, 1.165) is 40.2 Å². The number of rotatable bonds is 2. The number of pyridine rings is 1. The topological polar surface area (TPSA) is 56.9 Å². The van der Waals surface area contributed by atoms with Gasteiger partial charge in [-0.1, -0.05) is 35.0 Å². The van der Waals surface area contributed by atoms with Crippen molar-refractivity contribution in [2.24, 2.45) is 11.3 Å². The van der Waals surface area contributed by atoms with E-state index in [1.165, 1.54) is 0 Å². The highest BCUT2D eigenvalue weighted by atomic mass is 79.9. The Hall–Kier alpha value is -1.44. The summed E-state index contributed by atoms with van der Waals surface area (Å²) in [5.74, 6) is 0.481. The molecular formula is C17H17BrN2O. The standard InChI is InChI=1S/C17H17BrN2O/c1-11-6-7-17(9-11,10-19)16(21)13-4-5-14(18)12-3-2-8-20-15(12)13/h2-5,8,11,16,21H,6-7,9H2,1H3. The molecule has 3 rings (SSSR count). The van der Waals surface area contributed by atoms with Gasteiger partial charge in [-0.05, 0) is 37.3 Å². The Labute approximate surface area is 132 Å². The summed E-state index contributed by atoms with van der Waals surface area (Å²) in [6.45, 7) is 2.14. The molecular weight excluding hydrogens is 328 g/mol. The van der Waals surface area contributed by atoms with Crippen molar-refractivity contribution in [2.45, 2.75) is 32.3 Å². The van der Waals surface area contributed by atoms with Crippen LogP contribution >= 0.6 is 15.9 Å². The third-order valence-corrected chi connectivity index (χ3v) is 5.28. The van der Waals surface area contributed by atoms with Crippen molar-refractivity contribution in [3.8, 4) is 6.07 Å². The lowest BCUT2D eigenvalue weighted by molar-refractivity contribution is 0.0658. The summed E-state index contributed by atoms with van der Waals surface area (Å²) in [6, 6.07) is 10.0. The SMILES string of the molecule is CC1CCC(C#N)(C(O)c2ccc(Br)c3cccnc23)C1. The Morgan fingerprint density at radius 1 is 1.48 bits per heavy atom. The minimum Gasteiger partial charge on any atom is -0.387 e. The highest BCUT2D eigenvalue weighted by Crippen LogP contribution is 2.50. The Kier molecular flexibility index (Phi) is 3.73. The van der Waals surface area contributed by atoms with E-state index in [4.69, 9.17) is 0 Å². The molecule has 3 atom stereocenters. The Morgan fingerprint density at radius 3 is 2.95 bits per heavy atom. The van der Waals surface area contributed by atoms with Gasteiger partial charge in [0.25, 0.3) is 0 Å². The molecule has 1 fully saturated rings. The van der Waals surface area contributed by atoms with Crippen LogP contribution in [0, 0.1) is 22.7 Å².